The highest BCUT2D eigenvalue weighted by atomic mass is 16.5. The minimum absolute atomic E-state index is 0.0144. The average molecular weight is 331 g/mol. The molecule has 1 atom stereocenters. The first-order valence-corrected chi connectivity index (χ1v) is 7.91. The van der Waals surface area contributed by atoms with E-state index in [4.69, 9.17) is 14.0 Å². The molecule has 7 nitrogen and oxygen atoms in total. The fourth-order valence-corrected chi connectivity index (χ4v) is 2.26. The summed E-state index contributed by atoms with van der Waals surface area (Å²) in [6.07, 6.45) is 2.35. The van der Waals surface area contributed by atoms with Gasteiger partial charge in [-0.15, -0.1) is 0 Å². The topological polar surface area (TPSA) is 86.5 Å². The summed E-state index contributed by atoms with van der Waals surface area (Å²) in [4.78, 5) is 16.5. The molecule has 0 aliphatic carbocycles. The normalized spacial score (nSPS) is 17.7. The van der Waals surface area contributed by atoms with Gasteiger partial charge in [0.2, 0.25) is 11.8 Å². The number of pyridine rings is 1. The SMILES string of the molecule is CC(C)(C)c1cc(NC(=O)c2ccnc(OC3CCOC3)c2)on1. The summed E-state index contributed by atoms with van der Waals surface area (Å²) in [5.74, 6) is 0.418. The zero-order chi connectivity index (χ0) is 17.2. The van der Waals surface area contributed by atoms with E-state index in [9.17, 15) is 4.79 Å². The molecule has 3 rings (SSSR count). The Morgan fingerprint density at radius 1 is 1.38 bits per heavy atom. The molecule has 128 valence electrons. The predicted octanol–water partition coefficient (Wildman–Crippen LogP) is 2.79. The van der Waals surface area contributed by atoms with Crippen LogP contribution in [0.1, 0.15) is 43.2 Å². The molecule has 0 aromatic carbocycles. The van der Waals surface area contributed by atoms with Crippen LogP contribution in [-0.4, -0.2) is 35.4 Å². The van der Waals surface area contributed by atoms with Crippen molar-refractivity contribution in [2.45, 2.75) is 38.7 Å². The number of ether oxygens (including phenoxy) is 2. The van der Waals surface area contributed by atoms with Crippen molar-refractivity contribution in [3.8, 4) is 5.88 Å². The number of nitrogens with zero attached hydrogens (tertiary/aromatic N) is 2. The number of carbonyl (C=O) groups excluding carboxylic acids is 1. The van der Waals surface area contributed by atoms with Crippen molar-refractivity contribution in [3.05, 3.63) is 35.7 Å². The number of nitrogens with one attached hydrogen (secondary N) is 1. The number of amides is 1. The lowest BCUT2D eigenvalue weighted by molar-refractivity contribution is 0.102. The van der Waals surface area contributed by atoms with E-state index in [-0.39, 0.29) is 17.4 Å². The minimum Gasteiger partial charge on any atom is -0.472 e. The van der Waals surface area contributed by atoms with Crippen molar-refractivity contribution in [2.24, 2.45) is 0 Å². The summed E-state index contributed by atoms with van der Waals surface area (Å²) >= 11 is 0. The number of hydrogen-bond acceptors (Lipinski definition) is 6. The van der Waals surface area contributed by atoms with Crippen LogP contribution in [0, 0.1) is 0 Å². The Kier molecular flexibility index (Phi) is 4.53. The molecular weight excluding hydrogens is 310 g/mol. The first-order valence-electron chi connectivity index (χ1n) is 7.91. The molecule has 2 aromatic rings. The van der Waals surface area contributed by atoms with Gasteiger partial charge in [0.05, 0.1) is 18.9 Å². The second-order valence-corrected chi connectivity index (χ2v) is 6.77. The van der Waals surface area contributed by atoms with Crippen LogP contribution in [0.15, 0.2) is 28.9 Å². The van der Waals surface area contributed by atoms with Crippen molar-refractivity contribution in [2.75, 3.05) is 18.5 Å². The number of anilines is 1. The molecule has 0 radical (unpaired) electrons. The smallest absolute Gasteiger partial charge is 0.258 e. The minimum atomic E-state index is -0.304. The Labute approximate surface area is 140 Å². The molecule has 0 saturated carbocycles. The Morgan fingerprint density at radius 3 is 2.88 bits per heavy atom. The number of carbonyl (C=O) groups is 1. The summed E-state index contributed by atoms with van der Waals surface area (Å²) in [6, 6.07) is 4.95. The van der Waals surface area contributed by atoms with Gasteiger partial charge in [0.15, 0.2) is 0 Å². The zero-order valence-electron chi connectivity index (χ0n) is 14.0. The van der Waals surface area contributed by atoms with Gasteiger partial charge in [-0.2, -0.15) is 0 Å². The third kappa shape index (κ3) is 3.91. The molecule has 1 saturated heterocycles. The van der Waals surface area contributed by atoms with Crippen LogP contribution in [0.25, 0.3) is 0 Å². The molecule has 0 bridgehead atoms. The Hall–Kier alpha value is -2.41. The summed E-state index contributed by atoms with van der Waals surface area (Å²) in [6.45, 7) is 7.30. The molecule has 1 amide bonds. The van der Waals surface area contributed by atoms with Gasteiger partial charge in [-0.05, 0) is 6.07 Å². The lowest BCUT2D eigenvalue weighted by Crippen LogP contribution is -2.17. The maximum atomic E-state index is 12.4. The van der Waals surface area contributed by atoms with E-state index >= 15 is 0 Å². The highest BCUT2D eigenvalue weighted by Crippen LogP contribution is 2.24. The van der Waals surface area contributed by atoms with Gasteiger partial charge in [0.1, 0.15) is 6.10 Å². The van der Waals surface area contributed by atoms with Crippen molar-refractivity contribution in [1.29, 1.82) is 0 Å². The third-order valence-corrected chi connectivity index (χ3v) is 3.69. The maximum absolute atomic E-state index is 12.4. The van der Waals surface area contributed by atoms with Gasteiger partial charge in [0.25, 0.3) is 5.91 Å². The Bertz CT molecular complexity index is 715. The van der Waals surface area contributed by atoms with E-state index in [1.54, 1.807) is 24.4 Å². The largest absolute Gasteiger partial charge is 0.472 e. The van der Waals surface area contributed by atoms with Crippen molar-refractivity contribution in [3.63, 3.8) is 0 Å². The van der Waals surface area contributed by atoms with E-state index in [0.717, 1.165) is 12.1 Å². The standard InChI is InChI=1S/C17H21N3O4/c1-17(2,3)13-9-15(24-20-13)19-16(21)11-4-6-18-14(8-11)23-12-5-7-22-10-12/h4,6,8-9,12H,5,7,10H2,1-3H3,(H,19,21). The fraction of sp³-hybridized carbons (Fsp3) is 0.471. The molecule has 24 heavy (non-hydrogen) atoms. The van der Waals surface area contributed by atoms with Crippen LogP contribution in [-0.2, 0) is 10.2 Å². The highest BCUT2D eigenvalue weighted by molar-refractivity contribution is 6.03. The molecule has 2 aromatic heterocycles. The van der Waals surface area contributed by atoms with Crippen LogP contribution in [0.3, 0.4) is 0 Å². The van der Waals surface area contributed by atoms with E-state index in [0.29, 0.717) is 30.5 Å². The zero-order valence-corrected chi connectivity index (χ0v) is 14.0. The Balaban J connectivity index is 1.67. The lowest BCUT2D eigenvalue weighted by Gasteiger charge is -2.12. The van der Waals surface area contributed by atoms with Gasteiger partial charge >= 0.3 is 0 Å². The number of rotatable bonds is 4. The van der Waals surface area contributed by atoms with Crippen molar-refractivity contribution < 1.29 is 18.8 Å². The highest BCUT2D eigenvalue weighted by Gasteiger charge is 2.21. The summed E-state index contributed by atoms with van der Waals surface area (Å²) in [5.41, 5.74) is 1.07. The lowest BCUT2D eigenvalue weighted by atomic mass is 9.92. The van der Waals surface area contributed by atoms with Gasteiger partial charge in [-0.3, -0.25) is 10.1 Å². The molecular formula is C17H21N3O4. The van der Waals surface area contributed by atoms with Crippen molar-refractivity contribution in [1.82, 2.24) is 10.1 Å². The molecule has 3 heterocycles. The maximum Gasteiger partial charge on any atom is 0.258 e. The Morgan fingerprint density at radius 2 is 2.21 bits per heavy atom. The van der Waals surface area contributed by atoms with Gasteiger partial charge < -0.3 is 14.0 Å². The van der Waals surface area contributed by atoms with E-state index in [1.165, 1.54) is 0 Å². The number of hydrogen-bond donors (Lipinski definition) is 1. The molecule has 1 N–H and O–H groups in total. The molecule has 1 aliphatic heterocycles. The first-order chi connectivity index (χ1) is 11.4. The van der Waals surface area contributed by atoms with Gasteiger partial charge in [-0.1, -0.05) is 25.9 Å². The summed E-state index contributed by atoms with van der Waals surface area (Å²) in [7, 11) is 0. The van der Waals surface area contributed by atoms with Crippen LogP contribution < -0.4 is 10.1 Å². The van der Waals surface area contributed by atoms with Crippen LogP contribution in [0.2, 0.25) is 0 Å². The van der Waals surface area contributed by atoms with Crippen molar-refractivity contribution >= 4 is 11.8 Å². The molecule has 1 unspecified atom stereocenters. The molecule has 1 fully saturated rings. The molecule has 0 spiro atoms. The fourth-order valence-electron chi connectivity index (χ4n) is 2.26. The quantitative estimate of drug-likeness (QED) is 0.927. The van der Waals surface area contributed by atoms with Gasteiger partial charge in [0, 0.05) is 35.7 Å². The monoisotopic (exact) mass is 331 g/mol. The second kappa shape index (κ2) is 6.60. The first kappa shape index (κ1) is 16.4. The predicted molar refractivity (Wildman–Crippen MR) is 87.2 cm³/mol. The third-order valence-electron chi connectivity index (χ3n) is 3.69. The van der Waals surface area contributed by atoms with E-state index in [2.05, 4.69) is 15.5 Å². The second-order valence-electron chi connectivity index (χ2n) is 6.77. The average Bonchev–Trinajstić information content (AvgIpc) is 3.18. The summed E-state index contributed by atoms with van der Waals surface area (Å²) < 4.78 is 16.2. The van der Waals surface area contributed by atoms with Crippen LogP contribution in [0.4, 0.5) is 5.88 Å². The van der Waals surface area contributed by atoms with E-state index < -0.39 is 0 Å². The van der Waals surface area contributed by atoms with Crippen LogP contribution >= 0.6 is 0 Å². The number of aromatic nitrogens is 2. The molecule has 1 aliphatic rings. The van der Waals surface area contributed by atoms with E-state index in [1.807, 2.05) is 20.8 Å². The summed E-state index contributed by atoms with van der Waals surface area (Å²) in [5, 5.41) is 6.67. The van der Waals surface area contributed by atoms with Gasteiger partial charge in [-0.25, -0.2) is 4.98 Å². The molecule has 7 heteroatoms. The van der Waals surface area contributed by atoms with Crippen LogP contribution in [0.5, 0.6) is 5.88 Å².